The van der Waals surface area contributed by atoms with Crippen LogP contribution in [0.2, 0.25) is 0 Å². The lowest BCUT2D eigenvalue weighted by molar-refractivity contribution is -0.143. The van der Waals surface area contributed by atoms with E-state index < -0.39 is 5.97 Å². The van der Waals surface area contributed by atoms with E-state index in [9.17, 15) is 9.90 Å². The lowest BCUT2D eigenvalue weighted by Gasteiger charge is -2.38. The zero-order valence-corrected chi connectivity index (χ0v) is 16.1. The molecule has 3 rings (SSSR count). The second-order valence-electron chi connectivity index (χ2n) is 7.06. The van der Waals surface area contributed by atoms with Gasteiger partial charge < -0.3 is 14.6 Å². The fraction of sp³-hybridized carbons (Fsp3) is 0.409. The smallest absolute Gasteiger partial charge is 0.307 e. The van der Waals surface area contributed by atoms with Gasteiger partial charge in [0.25, 0.3) is 0 Å². The number of piperidine rings is 1. The summed E-state index contributed by atoms with van der Waals surface area (Å²) in [5.74, 6) is 0.413. The van der Waals surface area contributed by atoms with Crippen molar-refractivity contribution in [2.75, 3.05) is 27.3 Å². The molecule has 1 heterocycles. The van der Waals surface area contributed by atoms with Crippen LogP contribution in [0, 0.1) is 12.8 Å². The largest absolute Gasteiger partial charge is 0.496 e. The van der Waals surface area contributed by atoms with Gasteiger partial charge in [0.1, 0.15) is 11.5 Å². The number of carbonyl (C=O) groups is 1. The van der Waals surface area contributed by atoms with Gasteiger partial charge in [-0.1, -0.05) is 35.9 Å². The number of aliphatic carboxylic acids is 1. The van der Waals surface area contributed by atoms with Gasteiger partial charge in [0.15, 0.2) is 0 Å². The highest BCUT2D eigenvalue weighted by atomic mass is 16.5. The van der Waals surface area contributed by atoms with Crippen molar-refractivity contribution in [3.8, 4) is 11.5 Å². The second-order valence-corrected chi connectivity index (χ2v) is 7.06. The molecule has 0 saturated carbocycles. The van der Waals surface area contributed by atoms with Crippen LogP contribution < -0.4 is 9.47 Å². The number of hydrogen-bond donors (Lipinski definition) is 1. The van der Waals surface area contributed by atoms with Crippen molar-refractivity contribution in [1.29, 1.82) is 0 Å². The highest BCUT2D eigenvalue weighted by Gasteiger charge is 2.34. The zero-order chi connectivity index (χ0) is 19.4. The highest BCUT2D eigenvalue weighted by molar-refractivity contribution is 5.70. The van der Waals surface area contributed by atoms with Crippen molar-refractivity contribution >= 4 is 5.97 Å². The molecule has 0 aromatic heterocycles. The lowest BCUT2D eigenvalue weighted by atomic mass is 9.90. The third-order valence-electron chi connectivity index (χ3n) is 5.30. The Morgan fingerprint density at radius 1 is 1.11 bits per heavy atom. The van der Waals surface area contributed by atoms with E-state index >= 15 is 0 Å². The summed E-state index contributed by atoms with van der Waals surface area (Å²) in [4.78, 5) is 13.9. The summed E-state index contributed by atoms with van der Waals surface area (Å²) in [7, 11) is 3.31. The van der Waals surface area contributed by atoms with Gasteiger partial charge in [-0.2, -0.15) is 0 Å². The predicted octanol–water partition coefficient (Wildman–Crippen LogP) is 3.90. The summed E-state index contributed by atoms with van der Waals surface area (Å²) in [5.41, 5.74) is 3.23. The molecule has 0 bridgehead atoms. The molecular formula is C22H27NO4. The van der Waals surface area contributed by atoms with E-state index in [1.54, 1.807) is 14.2 Å². The van der Waals surface area contributed by atoms with Gasteiger partial charge in [-0.25, -0.2) is 0 Å². The number of rotatable bonds is 6. The molecule has 2 aromatic carbocycles. The van der Waals surface area contributed by atoms with E-state index in [4.69, 9.17) is 9.47 Å². The SMILES string of the molecule is COc1cccc(OC)c1C(c1ccc(C)cc1)N1CCCC(C(=O)O)C1. The minimum Gasteiger partial charge on any atom is -0.496 e. The number of hydrogen-bond acceptors (Lipinski definition) is 4. The number of carboxylic acids is 1. The van der Waals surface area contributed by atoms with Crippen LogP contribution in [0.1, 0.15) is 35.6 Å². The molecule has 2 atom stereocenters. The minimum atomic E-state index is -0.727. The topological polar surface area (TPSA) is 59.0 Å². The molecule has 2 unspecified atom stereocenters. The van der Waals surface area contributed by atoms with Crippen molar-refractivity contribution < 1.29 is 19.4 Å². The Bertz CT molecular complexity index is 765. The number of methoxy groups -OCH3 is 2. The van der Waals surface area contributed by atoms with Crippen molar-refractivity contribution in [3.63, 3.8) is 0 Å². The van der Waals surface area contributed by atoms with Crippen LogP contribution in [0.15, 0.2) is 42.5 Å². The molecule has 0 aliphatic carbocycles. The number of aryl methyl sites for hydroxylation is 1. The summed E-state index contributed by atoms with van der Waals surface area (Å²) in [6, 6.07) is 14.0. The number of nitrogens with zero attached hydrogens (tertiary/aromatic N) is 1. The van der Waals surface area contributed by atoms with Crippen molar-refractivity contribution in [2.45, 2.75) is 25.8 Å². The lowest BCUT2D eigenvalue weighted by Crippen LogP contribution is -2.41. The Balaban J connectivity index is 2.11. The van der Waals surface area contributed by atoms with Crippen LogP contribution in [-0.4, -0.2) is 43.3 Å². The van der Waals surface area contributed by atoms with Gasteiger partial charge >= 0.3 is 5.97 Å². The molecule has 0 spiro atoms. The first kappa shape index (κ1) is 19.2. The second kappa shape index (κ2) is 8.44. The van der Waals surface area contributed by atoms with Gasteiger partial charge in [-0.3, -0.25) is 9.69 Å². The van der Waals surface area contributed by atoms with E-state index in [0.717, 1.165) is 42.0 Å². The maximum atomic E-state index is 11.6. The summed E-state index contributed by atoms with van der Waals surface area (Å²) in [5, 5.41) is 9.54. The quantitative estimate of drug-likeness (QED) is 0.837. The maximum absolute atomic E-state index is 11.6. The molecule has 1 fully saturated rings. The van der Waals surface area contributed by atoms with Gasteiger partial charge in [-0.15, -0.1) is 0 Å². The monoisotopic (exact) mass is 369 g/mol. The molecule has 1 aliphatic rings. The summed E-state index contributed by atoms with van der Waals surface area (Å²) in [6.07, 6.45) is 1.58. The first-order valence-corrected chi connectivity index (χ1v) is 9.29. The Morgan fingerprint density at radius 3 is 2.30 bits per heavy atom. The maximum Gasteiger partial charge on any atom is 0.307 e. The van der Waals surface area contributed by atoms with Crippen molar-refractivity contribution in [1.82, 2.24) is 4.90 Å². The van der Waals surface area contributed by atoms with E-state index in [1.165, 1.54) is 5.56 Å². The molecule has 27 heavy (non-hydrogen) atoms. The minimum absolute atomic E-state index is 0.126. The Labute approximate surface area is 160 Å². The van der Waals surface area contributed by atoms with Crippen LogP contribution in [-0.2, 0) is 4.79 Å². The van der Waals surface area contributed by atoms with Crippen LogP contribution in [0.3, 0.4) is 0 Å². The fourth-order valence-corrected chi connectivity index (χ4v) is 3.90. The number of likely N-dealkylation sites (tertiary alicyclic amines) is 1. The molecule has 0 amide bonds. The fourth-order valence-electron chi connectivity index (χ4n) is 3.90. The van der Waals surface area contributed by atoms with E-state index in [-0.39, 0.29) is 12.0 Å². The summed E-state index contributed by atoms with van der Waals surface area (Å²) >= 11 is 0. The highest BCUT2D eigenvalue weighted by Crippen LogP contribution is 2.42. The molecule has 1 saturated heterocycles. The molecule has 5 nitrogen and oxygen atoms in total. The molecule has 0 radical (unpaired) electrons. The standard InChI is InChI=1S/C22H27NO4/c1-15-9-11-16(12-10-15)21(23-13-5-6-17(14-23)22(24)25)20-18(26-2)7-4-8-19(20)27-3/h4,7-12,17,21H,5-6,13-14H2,1-3H3,(H,24,25). The van der Waals surface area contributed by atoms with Crippen LogP contribution in [0.4, 0.5) is 0 Å². The van der Waals surface area contributed by atoms with E-state index in [1.807, 2.05) is 18.2 Å². The average Bonchev–Trinajstić information content (AvgIpc) is 2.70. The molecular weight excluding hydrogens is 342 g/mol. The number of benzene rings is 2. The van der Waals surface area contributed by atoms with Crippen LogP contribution in [0.25, 0.3) is 0 Å². The van der Waals surface area contributed by atoms with E-state index in [2.05, 4.69) is 36.1 Å². The predicted molar refractivity (Wildman–Crippen MR) is 105 cm³/mol. The Hall–Kier alpha value is -2.53. The number of carboxylic acid groups (broad SMARTS) is 1. The third kappa shape index (κ3) is 4.08. The molecule has 1 aliphatic heterocycles. The molecule has 5 heteroatoms. The first-order valence-electron chi connectivity index (χ1n) is 9.29. The van der Waals surface area contributed by atoms with Gasteiger partial charge in [0, 0.05) is 6.54 Å². The average molecular weight is 369 g/mol. The molecule has 2 aromatic rings. The van der Waals surface area contributed by atoms with Gasteiger partial charge in [-0.05, 0) is 44.0 Å². The Morgan fingerprint density at radius 2 is 1.74 bits per heavy atom. The van der Waals surface area contributed by atoms with Crippen molar-refractivity contribution in [2.24, 2.45) is 5.92 Å². The zero-order valence-electron chi connectivity index (χ0n) is 16.1. The summed E-state index contributed by atoms with van der Waals surface area (Å²) < 4.78 is 11.3. The van der Waals surface area contributed by atoms with Gasteiger partial charge in [0.05, 0.1) is 31.7 Å². The van der Waals surface area contributed by atoms with E-state index in [0.29, 0.717) is 6.54 Å². The van der Waals surface area contributed by atoms with Gasteiger partial charge in [0.2, 0.25) is 0 Å². The summed E-state index contributed by atoms with van der Waals surface area (Å²) in [6.45, 7) is 3.41. The molecule has 144 valence electrons. The number of ether oxygens (including phenoxy) is 2. The van der Waals surface area contributed by atoms with Crippen molar-refractivity contribution in [3.05, 3.63) is 59.2 Å². The third-order valence-corrected chi connectivity index (χ3v) is 5.30. The van der Waals surface area contributed by atoms with Crippen LogP contribution in [0.5, 0.6) is 11.5 Å². The first-order chi connectivity index (χ1) is 13.0. The normalized spacial score (nSPS) is 18.7. The Kier molecular flexibility index (Phi) is 6.01. The molecule has 1 N–H and O–H groups in total. The van der Waals surface area contributed by atoms with Crippen LogP contribution >= 0.6 is 0 Å².